The van der Waals surface area contributed by atoms with Crippen LogP contribution in [0.5, 0.6) is 5.75 Å². The molecule has 1 aromatic carbocycles. The molecule has 1 aromatic rings. The zero-order chi connectivity index (χ0) is 11.4. The van der Waals surface area contributed by atoms with Crippen molar-refractivity contribution in [3.63, 3.8) is 0 Å². The fourth-order valence-corrected chi connectivity index (χ4v) is 3.11. The summed E-state index contributed by atoms with van der Waals surface area (Å²) in [7, 11) is 0. The van der Waals surface area contributed by atoms with E-state index in [4.69, 9.17) is 4.74 Å². The fourth-order valence-electron chi connectivity index (χ4n) is 1.90. The number of thioether (sulfide) groups is 1. The van der Waals surface area contributed by atoms with Crippen molar-refractivity contribution in [2.24, 2.45) is 5.92 Å². The molecule has 2 atom stereocenters. The van der Waals surface area contributed by atoms with Crippen molar-refractivity contribution in [3.05, 3.63) is 36.9 Å². The SMILES string of the molecule is C=CC(CCCC)C1Oc2ccccc2S1. The van der Waals surface area contributed by atoms with E-state index in [0.717, 1.165) is 5.75 Å². The van der Waals surface area contributed by atoms with Crippen LogP contribution in [0.3, 0.4) is 0 Å². The first-order chi connectivity index (χ1) is 7.85. The molecule has 2 unspecified atom stereocenters. The van der Waals surface area contributed by atoms with Gasteiger partial charge >= 0.3 is 0 Å². The van der Waals surface area contributed by atoms with Crippen LogP contribution in [0.25, 0.3) is 0 Å². The molecule has 1 nitrogen and oxygen atoms in total. The van der Waals surface area contributed by atoms with Crippen LogP contribution < -0.4 is 4.74 Å². The zero-order valence-corrected chi connectivity index (χ0v) is 10.5. The molecule has 0 spiro atoms. The minimum absolute atomic E-state index is 0.224. The summed E-state index contributed by atoms with van der Waals surface area (Å²) in [6, 6.07) is 8.26. The van der Waals surface area contributed by atoms with Gasteiger partial charge in [-0.25, -0.2) is 0 Å². The molecule has 0 aliphatic carbocycles. The molecule has 2 heteroatoms. The predicted octanol–water partition coefficient (Wildman–Crippen LogP) is 4.49. The summed E-state index contributed by atoms with van der Waals surface area (Å²) in [5.41, 5.74) is 0.224. The lowest BCUT2D eigenvalue weighted by Crippen LogP contribution is -2.18. The third kappa shape index (κ3) is 2.43. The highest BCUT2D eigenvalue weighted by atomic mass is 32.2. The maximum atomic E-state index is 5.95. The molecule has 0 radical (unpaired) electrons. The van der Waals surface area contributed by atoms with E-state index < -0.39 is 0 Å². The van der Waals surface area contributed by atoms with Crippen LogP contribution in [0.15, 0.2) is 41.8 Å². The molecule has 0 fully saturated rings. The van der Waals surface area contributed by atoms with Crippen LogP contribution in [0.2, 0.25) is 0 Å². The van der Waals surface area contributed by atoms with Gasteiger partial charge in [-0.2, -0.15) is 0 Å². The highest BCUT2D eigenvalue weighted by Gasteiger charge is 2.28. The summed E-state index contributed by atoms with van der Waals surface area (Å²) in [5.74, 6) is 1.48. The van der Waals surface area contributed by atoms with Gasteiger partial charge in [0.1, 0.15) is 5.75 Å². The molecule has 0 bridgehead atoms. The monoisotopic (exact) mass is 234 g/mol. The van der Waals surface area contributed by atoms with Crippen molar-refractivity contribution in [2.75, 3.05) is 0 Å². The number of rotatable bonds is 5. The average molecular weight is 234 g/mol. The Morgan fingerprint density at radius 3 is 3.00 bits per heavy atom. The van der Waals surface area contributed by atoms with Crippen molar-refractivity contribution < 1.29 is 4.74 Å². The quantitative estimate of drug-likeness (QED) is 0.694. The zero-order valence-electron chi connectivity index (χ0n) is 9.69. The number of hydrogen-bond donors (Lipinski definition) is 0. The van der Waals surface area contributed by atoms with Crippen molar-refractivity contribution in [2.45, 2.75) is 36.5 Å². The first-order valence-electron chi connectivity index (χ1n) is 5.90. The van der Waals surface area contributed by atoms with E-state index in [9.17, 15) is 0 Å². The molecular formula is C14H18OS. The van der Waals surface area contributed by atoms with E-state index >= 15 is 0 Å². The molecular weight excluding hydrogens is 216 g/mol. The standard InChI is InChI=1S/C14H18OS/c1-3-5-8-11(4-2)14-15-12-9-6-7-10-13(12)16-14/h4,6-7,9-11,14H,2-3,5,8H2,1H3. The van der Waals surface area contributed by atoms with Crippen molar-refractivity contribution in [1.29, 1.82) is 0 Å². The Bertz CT molecular complexity index is 337. The molecule has 0 aromatic heterocycles. The van der Waals surface area contributed by atoms with Gasteiger partial charge in [-0.15, -0.1) is 6.58 Å². The molecule has 0 amide bonds. The summed E-state index contributed by atoms with van der Waals surface area (Å²) in [6.45, 7) is 6.15. The molecule has 0 saturated heterocycles. The van der Waals surface area contributed by atoms with E-state index in [-0.39, 0.29) is 5.44 Å². The Morgan fingerprint density at radius 1 is 1.50 bits per heavy atom. The van der Waals surface area contributed by atoms with Gasteiger partial charge in [-0.1, -0.05) is 49.7 Å². The maximum absolute atomic E-state index is 5.95. The van der Waals surface area contributed by atoms with Crippen LogP contribution in [0.4, 0.5) is 0 Å². The van der Waals surface area contributed by atoms with Crippen molar-refractivity contribution in [1.82, 2.24) is 0 Å². The second-order valence-electron chi connectivity index (χ2n) is 4.09. The molecule has 1 aliphatic rings. The molecule has 86 valence electrons. The molecule has 2 rings (SSSR count). The van der Waals surface area contributed by atoms with Gasteiger partial charge in [0.15, 0.2) is 5.44 Å². The lowest BCUT2D eigenvalue weighted by atomic mass is 10.0. The maximum Gasteiger partial charge on any atom is 0.155 e. The average Bonchev–Trinajstić information content (AvgIpc) is 2.73. The van der Waals surface area contributed by atoms with E-state index in [2.05, 4.69) is 25.6 Å². The third-order valence-electron chi connectivity index (χ3n) is 2.88. The Morgan fingerprint density at radius 2 is 2.31 bits per heavy atom. The lowest BCUT2D eigenvalue weighted by Gasteiger charge is -2.18. The van der Waals surface area contributed by atoms with Gasteiger partial charge in [0.2, 0.25) is 0 Å². The molecule has 1 heterocycles. The van der Waals surface area contributed by atoms with Gasteiger partial charge in [-0.3, -0.25) is 0 Å². The minimum atomic E-state index is 0.224. The van der Waals surface area contributed by atoms with E-state index in [0.29, 0.717) is 5.92 Å². The highest BCUT2D eigenvalue weighted by molar-refractivity contribution is 8.00. The molecule has 0 saturated carbocycles. The Kier molecular flexibility index (Phi) is 3.94. The van der Waals surface area contributed by atoms with Gasteiger partial charge in [0, 0.05) is 5.92 Å². The van der Waals surface area contributed by atoms with E-state index in [1.54, 1.807) is 0 Å². The largest absolute Gasteiger partial charge is 0.478 e. The predicted molar refractivity (Wildman–Crippen MR) is 69.9 cm³/mol. The number of fused-ring (bicyclic) bond motifs is 1. The Labute approximate surface area is 102 Å². The number of para-hydroxylation sites is 1. The Hall–Kier alpha value is -0.890. The third-order valence-corrected chi connectivity index (χ3v) is 4.15. The minimum Gasteiger partial charge on any atom is -0.478 e. The van der Waals surface area contributed by atoms with E-state index in [1.807, 2.05) is 30.0 Å². The van der Waals surface area contributed by atoms with Gasteiger partial charge in [0.05, 0.1) is 4.90 Å². The number of benzene rings is 1. The van der Waals surface area contributed by atoms with Crippen LogP contribution in [0.1, 0.15) is 26.2 Å². The summed E-state index contributed by atoms with van der Waals surface area (Å²) < 4.78 is 5.95. The van der Waals surface area contributed by atoms with Crippen LogP contribution in [-0.2, 0) is 0 Å². The summed E-state index contributed by atoms with van der Waals surface area (Å²) in [4.78, 5) is 1.26. The van der Waals surface area contributed by atoms with Crippen LogP contribution >= 0.6 is 11.8 Å². The lowest BCUT2D eigenvalue weighted by molar-refractivity contribution is 0.239. The fraction of sp³-hybridized carbons (Fsp3) is 0.429. The normalized spacial score (nSPS) is 19.9. The summed E-state index contributed by atoms with van der Waals surface area (Å²) in [5, 5.41) is 0. The number of unbranched alkanes of at least 4 members (excludes halogenated alkanes) is 1. The smallest absolute Gasteiger partial charge is 0.155 e. The van der Waals surface area contributed by atoms with Gasteiger partial charge in [0.25, 0.3) is 0 Å². The summed E-state index contributed by atoms with van der Waals surface area (Å²) >= 11 is 1.83. The van der Waals surface area contributed by atoms with E-state index in [1.165, 1.54) is 24.2 Å². The first kappa shape index (κ1) is 11.6. The Balaban J connectivity index is 2.01. The van der Waals surface area contributed by atoms with Gasteiger partial charge < -0.3 is 4.74 Å². The molecule has 16 heavy (non-hydrogen) atoms. The topological polar surface area (TPSA) is 9.23 Å². The number of hydrogen-bond acceptors (Lipinski definition) is 2. The number of ether oxygens (including phenoxy) is 1. The highest BCUT2D eigenvalue weighted by Crippen LogP contribution is 2.44. The first-order valence-corrected chi connectivity index (χ1v) is 6.78. The second-order valence-corrected chi connectivity index (χ2v) is 5.23. The van der Waals surface area contributed by atoms with Crippen molar-refractivity contribution in [3.8, 4) is 5.75 Å². The summed E-state index contributed by atoms with van der Waals surface area (Å²) in [6.07, 6.45) is 5.69. The molecule has 1 aliphatic heterocycles. The second kappa shape index (κ2) is 5.44. The van der Waals surface area contributed by atoms with Crippen LogP contribution in [-0.4, -0.2) is 5.44 Å². The van der Waals surface area contributed by atoms with Crippen LogP contribution in [0, 0.1) is 5.92 Å². The van der Waals surface area contributed by atoms with Gasteiger partial charge in [-0.05, 0) is 18.6 Å². The molecule has 0 N–H and O–H groups in total. The van der Waals surface area contributed by atoms with Crippen molar-refractivity contribution >= 4 is 11.8 Å².